The van der Waals surface area contributed by atoms with Crippen molar-refractivity contribution in [3.63, 3.8) is 0 Å². The summed E-state index contributed by atoms with van der Waals surface area (Å²) in [6.45, 7) is 3.00. The Morgan fingerprint density at radius 2 is 2.00 bits per heavy atom. The third-order valence-electron chi connectivity index (χ3n) is 3.64. The lowest BCUT2D eigenvalue weighted by Crippen LogP contribution is -2.27. The van der Waals surface area contributed by atoms with E-state index in [1.54, 1.807) is 0 Å². The van der Waals surface area contributed by atoms with E-state index >= 15 is 0 Å². The van der Waals surface area contributed by atoms with Gasteiger partial charge in [-0.05, 0) is 39.0 Å². The highest BCUT2D eigenvalue weighted by atomic mass is 16.3. The van der Waals surface area contributed by atoms with E-state index in [9.17, 15) is 0 Å². The van der Waals surface area contributed by atoms with Crippen molar-refractivity contribution in [2.24, 2.45) is 5.73 Å². The number of aromatic nitrogens is 3. The number of hydrogen-bond donors (Lipinski definition) is 2. The van der Waals surface area contributed by atoms with Gasteiger partial charge >= 0.3 is 0 Å². The Morgan fingerprint density at radius 1 is 1.29 bits per heavy atom. The zero-order valence-electron chi connectivity index (χ0n) is 10.5. The van der Waals surface area contributed by atoms with E-state index in [1.807, 2.05) is 6.92 Å². The van der Waals surface area contributed by atoms with Gasteiger partial charge < -0.3 is 15.4 Å². The van der Waals surface area contributed by atoms with Crippen molar-refractivity contribution < 1.29 is 5.11 Å². The van der Waals surface area contributed by atoms with Gasteiger partial charge in [0.05, 0.1) is 0 Å². The van der Waals surface area contributed by atoms with E-state index in [-0.39, 0.29) is 6.61 Å². The molecule has 1 heterocycles. The van der Waals surface area contributed by atoms with E-state index in [0.717, 1.165) is 50.3 Å². The Balaban J connectivity index is 2.09. The molecule has 0 aliphatic heterocycles. The summed E-state index contributed by atoms with van der Waals surface area (Å²) in [5, 5.41) is 17.4. The van der Waals surface area contributed by atoms with Crippen LogP contribution in [0.15, 0.2) is 0 Å². The number of aliphatic hydroxyl groups excluding tert-OH is 1. The average Bonchev–Trinajstić information content (AvgIpc) is 2.69. The minimum Gasteiger partial charge on any atom is -0.396 e. The molecule has 0 spiro atoms. The summed E-state index contributed by atoms with van der Waals surface area (Å²) in [6.07, 6.45) is 5.14. The average molecular weight is 238 g/mol. The monoisotopic (exact) mass is 238 g/mol. The van der Waals surface area contributed by atoms with Gasteiger partial charge in [0.2, 0.25) is 0 Å². The second kappa shape index (κ2) is 5.60. The Hall–Kier alpha value is -0.940. The molecule has 5 heteroatoms. The van der Waals surface area contributed by atoms with Crippen LogP contribution in [0.1, 0.15) is 49.7 Å². The van der Waals surface area contributed by atoms with Crippen LogP contribution in [0.3, 0.4) is 0 Å². The summed E-state index contributed by atoms with van der Waals surface area (Å²) >= 11 is 0. The fourth-order valence-corrected chi connectivity index (χ4v) is 2.58. The molecule has 1 fully saturated rings. The van der Waals surface area contributed by atoms with Crippen LogP contribution in [-0.2, 0) is 6.54 Å². The SMILES string of the molecule is Cc1nnc(C2CCC(N)CC2)n1CCCO. The second-order valence-electron chi connectivity index (χ2n) is 4.95. The summed E-state index contributed by atoms with van der Waals surface area (Å²) in [6, 6.07) is 0.362. The molecule has 0 radical (unpaired) electrons. The molecule has 1 aromatic rings. The molecule has 17 heavy (non-hydrogen) atoms. The highest BCUT2D eigenvalue weighted by molar-refractivity contribution is 5.03. The van der Waals surface area contributed by atoms with Crippen LogP contribution in [0, 0.1) is 6.92 Å². The largest absolute Gasteiger partial charge is 0.396 e. The first-order chi connectivity index (χ1) is 8.22. The number of rotatable bonds is 4. The standard InChI is InChI=1S/C12H22N4O/c1-9-14-15-12(16(9)7-2-8-17)10-3-5-11(13)6-4-10/h10-11,17H,2-8,13H2,1H3. The summed E-state index contributed by atoms with van der Waals surface area (Å²) in [5.41, 5.74) is 5.92. The minimum atomic E-state index is 0.215. The Kier molecular flexibility index (Phi) is 4.12. The van der Waals surface area contributed by atoms with Crippen LogP contribution in [0.2, 0.25) is 0 Å². The summed E-state index contributed by atoms with van der Waals surface area (Å²) in [4.78, 5) is 0. The van der Waals surface area contributed by atoms with Gasteiger partial charge in [0, 0.05) is 25.1 Å². The zero-order chi connectivity index (χ0) is 12.3. The van der Waals surface area contributed by atoms with Gasteiger partial charge in [0.15, 0.2) is 0 Å². The van der Waals surface area contributed by atoms with E-state index in [2.05, 4.69) is 14.8 Å². The Morgan fingerprint density at radius 3 is 2.65 bits per heavy atom. The predicted molar refractivity (Wildman–Crippen MR) is 65.6 cm³/mol. The number of aliphatic hydroxyl groups is 1. The molecule has 0 amide bonds. The molecule has 0 unspecified atom stereocenters. The van der Waals surface area contributed by atoms with Gasteiger partial charge in [-0.15, -0.1) is 10.2 Å². The zero-order valence-corrected chi connectivity index (χ0v) is 10.5. The van der Waals surface area contributed by atoms with Gasteiger partial charge in [0.25, 0.3) is 0 Å². The fraction of sp³-hybridized carbons (Fsp3) is 0.833. The van der Waals surface area contributed by atoms with Crippen LogP contribution in [-0.4, -0.2) is 32.5 Å². The second-order valence-corrected chi connectivity index (χ2v) is 4.95. The summed E-state index contributed by atoms with van der Waals surface area (Å²) in [5.74, 6) is 2.53. The molecule has 1 aliphatic carbocycles. The van der Waals surface area contributed by atoms with Crippen molar-refractivity contribution in [2.75, 3.05) is 6.61 Å². The molecule has 0 atom stereocenters. The van der Waals surface area contributed by atoms with Gasteiger partial charge in [-0.1, -0.05) is 0 Å². The van der Waals surface area contributed by atoms with E-state index < -0.39 is 0 Å². The summed E-state index contributed by atoms with van der Waals surface area (Å²) in [7, 11) is 0. The van der Waals surface area contributed by atoms with Crippen LogP contribution in [0.4, 0.5) is 0 Å². The number of hydrogen-bond acceptors (Lipinski definition) is 4. The maximum absolute atomic E-state index is 8.92. The molecule has 0 aromatic carbocycles. The third kappa shape index (κ3) is 2.84. The third-order valence-corrected chi connectivity index (χ3v) is 3.64. The van der Waals surface area contributed by atoms with Crippen LogP contribution < -0.4 is 5.73 Å². The molecule has 2 rings (SSSR count). The van der Waals surface area contributed by atoms with Crippen molar-refractivity contribution in [2.45, 2.75) is 57.5 Å². The maximum Gasteiger partial charge on any atom is 0.136 e. The van der Waals surface area contributed by atoms with Crippen molar-refractivity contribution in [1.29, 1.82) is 0 Å². The molecule has 1 saturated carbocycles. The van der Waals surface area contributed by atoms with Gasteiger partial charge in [-0.25, -0.2) is 0 Å². The number of aryl methyl sites for hydroxylation is 1. The number of nitrogens with zero attached hydrogens (tertiary/aromatic N) is 3. The fourth-order valence-electron chi connectivity index (χ4n) is 2.58. The molecular formula is C12H22N4O. The lowest BCUT2D eigenvalue weighted by molar-refractivity contribution is 0.276. The molecule has 1 aromatic heterocycles. The molecule has 0 saturated heterocycles. The quantitative estimate of drug-likeness (QED) is 0.819. The normalized spacial score (nSPS) is 25.1. The first-order valence-corrected chi connectivity index (χ1v) is 6.48. The Bertz CT molecular complexity index is 355. The molecule has 3 N–H and O–H groups in total. The van der Waals surface area contributed by atoms with Crippen molar-refractivity contribution in [1.82, 2.24) is 14.8 Å². The van der Waals surface area contributed by atoms with Gasteiger partial charge in [0.1, 0.15) is 11.6 Å². The minimum absolute atomic E-state index is 0.215. The lowest BCUT2D eigenvalue weighted by atomic mass is 9.86. The van der Waals surface area contributed by atoms with E-state index in [0.29, 0.717) is 12.0 Å². The highest BCUT2D eigenvalue weighted by Crippen LogP contribution is 2.31. The van der Waals surface area contributed by atoms with Crippen molar-refractivity contribution in [3.8, 4) is 0 Å². The lowest BCUT2D eigenvalue weighted by Gasteiger charge is -2.25. The smallest absolute Gasteiger partial charge is 0.136 e. The van der Waals surface area contributed by atoms with Crippen LogP contribution >= 0.6 is 0 Å². The van der Waals surface area contributed by atoms with Gasteiger partial charge in [-0.3, -0.25) is 0 Å². The van der Waals surface area contributed by atoms with E-state index in [4.69, 9.17) is 10.8 Å². The molecule has 0 bridgehead atoms. The molecule has 96 valence electrons. The summed E-state index contributed by atoms with van der Waals surface area (Å²) < 4.78 is 2.15. The van der Waals surface area contributed by atoms with Crippen LogP contribution in [0.25, 0.3) is 0 Å². The Labute approximate surface area is 102 Å². The van der Waals surface area contributed by atoms with Gasteiger partial charge in [-0.2, -0.15) is 0 Å². The van der Waals surface area contributed by atoms with Crippen molar-refractivity contribution in [3.05, 3.63) is 11.6 Å². The first-order valence-electron chi connectivity index (χ1n) is 6.48. The molecular weight excluding hydrogens is 216 g/mol. The first kappa shape index (κ1) is 12.5. The molecule has 5 nitrogen and oxygen atoms in total. The van der Waals surface area contributed by atoms with Crippen molar-refractivity contribution >= 4 is 0 Å². The maximum atomic E-state index is 8.92. The topological polar surface area (TPSA) is 77.0 Å². The molecule has 1 aliphatic rings. The van der Waals surface area contributed by atoms with E-state index in [1.165, 1.54) is 0 Å². The number of nitrogens with two attached hydrogens (primary N) is 1. The van der Waals surface area contributed by atoms with Crippen LogP contribution in [0.5, 0.6) is 0 Å². The highest BCUT2D eigenvalue weighted by Gasteiger charge is 2.24. The predicted octanol–water partition coefficient (Wildman–Crippen LogP) is 0.954.